The molecule has 1 aliphatic carbocycles. The fraction of sp³-hybridized carbons (Fsp3) is 0.647. The van der Waals surface area contributed by atoms with Gasteiger partial charge in [-0.25, -0.2) is 0 Å². The van der Waals surface area contributed by atoms with Gasteiger partial charge in [0.05, 0.1) is 5.56 Å². The highest BCUT2D eigenvalue weighted by atomic mass is 32.1. The van der Waals surface area contributed by atoms with Gasteiger partial charge in [-0.15, -0.1) is 11.3 Å². The van der Waals surface area contributed by atoms with Gasteiger partial charge in [-0.1, -0.05) is 0 Å². The number of hydrogen-bond donors (Lipinski definition) is 2. The average Bonchev–Trinajstić information content (AvgIpc) is 3.13. The maximum absolute atomic E-state index is 12.2. The molecular formula is C17H23N3O2S. The topological polar surface area (TPSA) is 76.4 Å². The minimum absolute atomic E-state index is 0.0208. The number of nitrogens with one attached hydrogen (secondary N) is 1. The van der Waals surface area contributed by atoms with E-state index < -0.39 is 0 Å². The zero-order valence-electron chi connectivity index (χ0n) is 13.3. The van der Waals surface area contributed by atoms with E-state index in [1.54, 1.807) is 11.3 Å². The van der Waals surface area contributed by atoms with Crippen LogP contribution in [0.25, 0.3) is 0 Å². The van der Waals surface area contributed by atoms with Crippen LogP contribution in [-0.4, -0.2) is 42.2 Å². The van der Waals surface area contributed by atoms with Crippen molar-refractivity contribution in [2.24, 2.45) is 5.92 Å². The Balaban J connectivity index is 1.53. The SMILES string of the molecule is N#Cc1c(NC(=O)CCN2CCCC(CO)C2)sc2c1CCC2. The number of nitriles is 1. The van der Waals surface area contributed by atoms with Crippen LogP contribution in [0.4, 0.5) is 5.00 Å². The summed E-state index contributed by atoms with van der Waals surface area (Å²) in [6, 6.07) is 2.26. The van der Waals surface area contributed by atoms with Crippen molar-refractivity contribution in [2.45, 2.75) is 38.5 Å². The number of hydrogen-bond acceptors (Lipinski definition) is 5. The molecule has 3 rings (SSSR count). The highest BCUT2D eigenvalue weighted by molar-refractivity contribution is 7.16. The maximum atomic E-state index is 12.2. The van der Waals surface area contributed by atoms with E-state index in [9.17, 15) is 15.2 Å². The molecule has 5 nitrogen and oxygen atoms in total. The number of thiophene rings is 1. The molecule has 0 aromatic carbocycles. The van der Waals surface area contributed by atoms with Crippen LogP contribution in [0.5, 0.6) is 0 Å². The van der Waals surface area contributed by atoms with Gasteiger partial charge < -0.3 is 15.3 Å². The van der Waals surface area contributed by atoms with Crippen molar-refractivity contribution in [3.8, 4) is 6.07 Å². The summed E-state index contributed by atoms with van der Waals surface area (Å²) in [5.74, 6) is 0.324. The second-order valence-electron chi connectivity index (χ2n) is 6.46. The number of carbonyl (C=O) groups is 1. The molecule has 1 unspecified atom stereocenters. The molecule has 0 radical (unpaired) electrons. The summed E-state index contributed by atoms with van der Waals surface area (Å²) >= 11 is 1.57. The Morgan fingerprint density at radius 3 is 3.09 bits per heavy atom. The standard InChI is InChI=1S/C17H23N3O2S/c18-9-14-13-4-1-5-15(13)23-17(14)19-16(22)6-8-20-7-2-3-12(10-20)11-21/h12,21H,1-8,10-11H2,(H,19,22). The maximum Gasteiger partial charge on any atom is 0.226 e. The van der Waals surface area contributed by atoms with Gasteiger partial charge in [0.15, 0.2) is 0 Å². The summed E-state index contributed by atoms with van der Waals surface area (Å²) in [7, 11) is 0. The number of rotatable bonds is 5. The molecular weight excluding hydrogens is 310 g/mol. The van der Waals surface area contributed by atoms with Gasteiger partial charge in [0, 0.05) is 31.0 Å². The molecule has 23 heavy (non-hydrogen) atoms. The Kier molecular flexibility index (Phi) is 5.31. The molecule has 2 heterocycles. The Morgan fingerprint density at radius 1 is 1.43 bits per heavy atom. The smallest absolute Gasteiger partial charge is 0.226 e. The molecule has 1 aromatic heterocycles. The number of aliphatic hydroxyl groups excluding tert-OH is 1. The largest absolute Gasteiger partial charge is 0.396 e. The Hall–Kier alpha value is -1.42. The molecule has 124 valence electrons. The van der Waals surface area contributed by atoms with E-state index in [0.717, 1.165) is 62.3 Å². The molecule has 1 atom stereocenters. The molecule has 0 saturated carbocycles. The summed E-state index contributed by atoms with van der Waals surface area (Å²) in [6.45, 7) is 2.82. The first-order valence-electron chi connectivity index (χ1n) is 8.39. The zero-order valence-corrected chi connectivity index (χ0v) is 14.1. The van der Waals surface area contributed by atoms with Crippen LogP contribution in [0.15, 0.2) is 0 Å². The lowest BCUT2D eigenvalue weighted by atomic mass is 9.99. The summed E-state index contributed by atoms with van der Waals surface area (Å²) < 4.78 is 0. The van der Waals surface area contributed by atoms with Crippen molar-refractivity contribution in [2.75, 3.05) is 31.6 Å². The second kappa shape index (κ2) is 7.43. The Labute approximate surface area is 140 Å². The highest BCUT2D eigenvalue weighted by Crippen LogP contribution is 2.38. The van der Waals surface area contributed by atoms with E-state index in [0.29, 0.717) is 17.9 Å². The number of nitrogens with zero attached hydrogens (tertiary/aromatic N) is 2. The van der Waals surface area contributed by atoms with Crippen molar-refractivity contribution in [1.29, 1.82) is 5.26 Å². The molecule has 1 amide bonds. The van der Waals surface area contributed by atoms with Crippen molar-refractivity contribution >= 4 is 22.2 Å². The number of anilines is 1. The number of fused-ring (bicyclic) bond motifs is 1. The lowest BCUT2D eigenvalue weighted by Gasteiger charge is -2.31. The summed E-state index contributed by atoms with van der Waals surface area (Å²) in [5, 5.41) is 22.3. The third-order valence-corrected chi connectivity index (χ3v) is 6.01. The van der Waals surface area contributed by atoms with Crippen molar-refractivity contribution in [3.63, 3.8) is 0 Å². The molecule has 1 fully saturated rings. The minimum atomic E-state index is -0.0208. The Morgan fingerprint density at radius 2 is 2.30 bits per heavy atom. The van der Waals surface area contributed by atoms with Crippen LogP contribution < -0.4 is 5.32 Å². The zero-order chi connectivity index (χ0) is 16.2. The molecule has 1 saturated heterocycles. The average molecular weight is 333 g/mol. The van der Waals surface area contributed by atoms with Crippen LogP contribution in [0, 0.1) is 17.2 Å². The summed E-state index contributed by atoms with van der Waals surface area (Å²) in [4.78, 5) is 15.7. The van der Waals surface area contributed by atoms with Gasteiger partial charge in [-0.3, -0.25) is 4.79 Å². The molecule has 6 heteroatoms. The molecule has 2 N–H and O–H groups in total. The van der Waals surface area contributed by atoms with Crippen LogP contribution in [-0.2, 0) is 17.6 Å². The third-order valence-electron chi connectivity index (χ3n) is 4.80. The monoisotopic (exact) mass is 333 g/mol. The third kappa shape index (κ3) is 3.74. The van der Waals surface area contributed by atoms with E-state index in [4.69, 9.17) is 0 Å². The second-order valence-corrected chi connectivity index (χ2v) is 7.57. The van der Waals surface area contributed by atoms with Gasteiger partial charge in [-0.2, -0.15) is 5.26 Å². The number of likely N-dealkylation sites (tertiary alicyclic amines) is 1. The lowest BCUT2D eigenvalue weighted by Crippen LogP contribution is -2.38. The fourth-order valence-corrected chi connectivity index (χ4v) is 4.82. The van der Waals surface area contributed by atoms with E-state index in [-0.39, 0.29) is 12.5 Å². The van der Waals surface area contributed by atoms with E-state index in [1.165, 1.54) is 4.88 Å². The van der Waals surface area contributed by atoms with Crippen molar-refractivity contribution < 1.29 is 9.90 Å². The van der Waals surface area contributed by atoms with Crippen molar-refractivity contribution in [1.82, 2.24) is 4.90 Å². The predicted molar refractivity (Wildman–Crippen MR) is 90.6 cm³/mol. The van der Waals surface area contributed by atoms with Crippen molar-refractivity contribution in [3.05, 3.63) is 16.0 Å². The molecule has 0 spiro atoms. The van der Waals surface area contributed by atoms with E-state index in [1.807, 2.05) is 0 Å². The number of carbonyl (C=O) groups excluding carboxylic acids is 1. The van der Waals surface area contributed by atoms with Gasteiger partial charge in [0.1, 0.15) is 11.1 Å². The molecule has 1 aromatic rings. The highest BCUT2D eigenvalue weighted by Gasteiger charge is 2.24. The molecule has 0 bridgehead atoms. The fourth-order valence-electron chi connectivity index (χ4n) is 3.56. The Bertz CT molecular complexity index is 620. The first kappa shape index (κ1) is 16.4. The molecule has 2 aliphatic rings. The summed E-state index contributed by atoms with van der Waals surface area (Å²) in [5.41, 5.74) is 1.82. The number of aliphatic hydroxyl groups is 1. The van der Waals surface area contributed by atoms with Crippen LogP contribution in [0.2, 0.25) is 0 Å². The van der Waals surface area contributed by atoms with Crippen LogP contribution in [0.1, 0.15) is 41.7 Å². The van der Waals surface area contributed by atoms with Crippen LogP contribution in [0.3, 0.4) is 0 Å². The normalized spacial score (nSPS) is 21.0. The predicted octanol–water partition coefficient (Wildman–Crippen LogP) is 2.14. The quantitative estimate of drug-likeness (QED) is 0.865. The number of aryl methyl sites for hydroxylation is 1. The number of piperidine rings is 1. The van der Waals surface area contributed by atoms with Gasteiger partial charge >= 0.3 is 0 Å². The summed E-state index contributed by atoms with van der Waals surface area (Å²) in [6.07, 6.45) is 5.70. The van der Waals surface area contributed by atoms with E-state index in [2.05, 4.69) is 16.3 Å². The van der Waals surface area contributed by atoms with Gasteiger partial charge in [0.2, 0.25) is 5.91 Å². The first-order chi connectivity index (χ1) is 11.2. The minimum Gasteiger partial charge on any atom is -0.396 e. The first-order valence-corrected chi connectivity index (χ1v) is 9.20. The van der Waals surface area contributed by atoms with Gasteiger partial charge in [0.25, 0.3) is 0 Å². The van der Waals surface area contributed by atoms with Crippen LogP contribution >= 0.6 is 11.3 Å². The lowest BCUT2D eigenvalue weighted by molar-refractivity contribution is -0.116. The van der Waals surface area contributed by atoms with Gasteiger partial charge in [-0.05, 0) is 50.1 Å². The number of amides is 1. The van der Waals surface area contributed by atoms with E-state index >= 15 is 0 Å². The molecule has 1 aliphatic heterocycles.